The minimum Gasteiger partial charge on any atom is -0.497 e. The van der Waals surface area contributed by atoms with Crippen molar-refractivity contribution in [3.8, 4) is 5.75 Å². The van der Waals surface area contributed by atoms with Gasteiger partial charge in [-0.2, -0.15) is 0 Å². The van der Waals surface area contributed by atoms with E-state index >= 15 is 0 Å². The Morgan fingerprint density at radius 2 is 1.91 bits per heavy atom. The van der Waals surface area contributed by atoms with Gasteiger partial charge in [0.25, 0.3) is 0 Å². The Morgan fingerprint density at radius 3 is 2.55 bits per heavy atom. The van der Waals surface area contributed by atoms with Crippen molar-refractivity contribution >= 4 is 11.7 Å². The summed E-state index contributed by atoms with van der Waals surface area (Å²) in [6.07, 6.45) is 0.0917. The maximum atomic E-state index is 11.0. The average molecular weight is 299 g/mol. The average Bonchev–Trinajstić information content (AvgIpc) is 2.55. The highest BCUT2D eigenvalue weighted by Gasteiger charge is 2.17. The van der Waals surface area contributed by atoms with Gasteiger partial charge >= 0.3 is 5.97 Å². The summed E-state index contributed by atoms with van der Waals surface area (Å²) in [6.45, 7) is 2.52. The molecule has 116 valence electrons. The van der Waals surface area contributed by atoms with Gasteiger partial charge in [-0.25, -0.2) is 0 Å². The van der Waals surface area contributed by atoms with E-state index in [0.29, 0.717) is 6.54 Å². The van der Waals surface area contributed by atoms with E-state index in [9.17, 15) is 4.79 Å². The predicted octanol–water partition coefficient (Wildman–Crippen LogP) is 3.74. The molecule has 2 rings (SSSR count). The van der Waals surface area contributed by atoms with E-state index in [1.54, 1.807) is 7.11 Å². The van der Waals surface area contributed by atoms with Crippen molar-refractivity contribution in [2.45, 2.75) is 19.4 Å². The summed E-state index contributed by atoms with van der Waals surface area (Å²) in [5.74, 6) is -0.0359. The van der Waals surface area contributed by atoms with Gasteiger partial charge < -0.3 is 14.7 Å². The Hall–Kier alpha value is -2.49. The topological polar surface area (TPSA) is 49.8 Å². The second-order valence-electron chi connectivity index (χ2n) is 5.13. The first-order valence-electron chi connectivity index (χ1n) is 7.29. The van der Waals surface area contributed by atoms with Crippen LogP contribution in [0.3, 0.4) is 0 Å². The summed E-state index contributed by atoms with van der Waals surface area (Å²) in [5, 5.41) is 9.01. The molecule has 0 aliphatic carbocycles. The van der Waals surface area contributed by atoms with Crippen LogP contribution in [0.5, 0.6) is 5.75 Å². The van der Waals surface area contributed by atoms with Gasteiger partial charge in [0.1, 0.15) is 5.75 Å². The van der Waals surface area contributed by atoms with E-state index in [1.807, 2.05) is 42.5 Å². The van der Waals surface area contributed by atoms with E-state index in [-0.39, 0.29) is 12.5 Å². The summed E-state index contributed by atoms with van der Waals surface area (Å²) >= 11 is 0. The van der Waals surface area contributed by atoms with Gasteiger partial charge in [-0.1, -0.05) is 36.4 Å². The number of ether oxygens (including phenoxy) is 1. The number of hydrogen-bond donors (Lipinski definition) is 1. The second-order valence-corrected chi connectivity index (χ2v) is 5.13. The van der Waals surface area contributed by atoms with Gasteiger partial charge in [0.05, 0.1) is 19.6 Å². The van der Waals surface area contributed by atoms with E-state index in [2.05, 4.69) is 24.0 Å². The molecular weight excluding hydrogens is 278 g/mol. The Morgan fingerprint density at radius 1 is 1.18 bits per heavy atom. The minimum absolute atomic E-state index is 0.0765. The number of carbonyl (C=O) groups is 1. The molecule has 4 heteroatoms. The lowest BCUT2D eigenvalue weighted by Gasteiger charge is -2.31. The van der Waals surface area contributed by atoms with Crippen LogP contribution in [0, 0.1) is 0 Å². The molecule has 0 saturated heterocycles. The molecule has 0 spiro atoms. The Labute approximate surface area is 131 Å². The molecule has 0 aliphatic heterocycles. The predicted molar refractivity (Wildman–Crippen MR) is 87.4 cm³/mol. The molecule has 0 aromatic heterocycles. The standard InChI is InChI=1S/C18H21NO3/c1-14(15-7-4-3-5-8-15)19(12-11-18(20)21)16-9-6-10-17(13-16)22-2/h3-10,13-14H,11-12H2,1-2H3,(H,20,21). The van der Waals surface area contributed by atoms with E-state index in [4.69, 9.17) is 9.84 Å². The highest BCUT2D eigenvalue weighted by atomic mass is 16.5. The number of nitrogens with zero attached hydrogens (tertiary/aromatic N) is 1. The second kappa shape index (κ2) is 7.50. The van der Waals surface area contributed by atoms with E-state index < -0.39 is 5.97 Å². The number of carboxylic acids is 1. The Balaban J connectivity index is 2.30. The summed E-state index contributed by atoms with van der Waals surface area (Å²) < 4.78 is 5.27. The van der Waals surface area contributed by atoms with Gasteiger partial charge in [-0.15, -0.1) is 0 Å². The SMILES string of the molecule is COc1cccc(N(CCC(=O)O)C(C)c2ccccc2)c1. The molecule has 0 fully saturated rings. The lowest BCUT2D eigenvalue weighted by Crippen LogP contribution is -2.29. The van der Waals surface area contributed by atoms with Gasteiger partial charge in [-0.3, -0.25) is 4.79 Å². The van der Waals surface area contributed by atoms with Crippen molar-refractivity contribution < 1.29 is 14.6 Å². The summed E-state index contributed by atoms with van der Waals surface area (Å²) in [7, 11) is 1.63. The van der Waals surface area contributed by atoms with E-state index in [0.717, 1.165) is 17.0 Å². The first kappa shape index (κ1) is 15.9. The maximum absolute atomic E-state index is 11.0. The highest BCUT2D eigenvalue weighted by Crippen LogP contribution is 2.29. The molecule has 0 amide bonds. The third-order valence-electron chi connectivity index (χ3n) is 3.70. The summed E-state index contributed by atoms with van der Waals surface area (Å²) in [5.41, 5.74) is 2.10. The lowest BCUT2D eigenvalue weighted by molar-refractivity contribution is -0.136. The molecule has 4 nitrogen and oxygen atoms in total. The van der Waals surface area contributed by atoms with Crippen LogP contribution in [0.15, 0.2) is 54.6 Å². The fraction of sp³-hybridized carbons (Fsp3) is 0.278. The van der Waals surface area contributed by atoms with Crippen LogP contribution in [0.1, 0.15) is 24.9 Å². The third kappa shape index (κ3) is 4.01. The van der Waals surface area contributed by atoms with Crippen LogP contribution in [0.25, 0.3) is 0 Å². The molecule has 2 aromatic rings. The van der Waals surface area contributed by atoms with Crippen LogP contribution < -0.4 is 9.64 Å². The molecule has 1 atom stereocenters. The molecule has 0 aliphatic rings. The number of anilines is 1. The van der Waals surface area contributed by atoms with Crippen LogP contribution in [-0.2, 0) is 4.79 Å². The molecule has 0 radical (unpaired) electrons. The number of hydrogen-bond acceptors (Lipinski definition) is 3. The zero-order chi connectivity index (χ0) is 15.9. The highest BCUT2D eigenvalue weighted by molar-refractivity contribution is 5.68. The Bertz CT molecular complexity index is 613. The molecule has 0 bridgehead atoms. The first-order valence-corrected chi connectivity index (χ1v) is 7.29. The van der Waals surface area contributed by atoms with Gasteiger partial charge in [0.2, 0.25) is 0 Å². The largest absolute Gasteiger partial charge is 0.497 e. The van der Waals surface area contributed by atoms with Crippen LogP contribution in [0.2, 0.25) is 0 Å². The van der Waals surface area contributed by atoms with Crippen LogP contribution >= 0.6 is 0 Å². The van der Waals surface area contributed by atoms with Crippen molar-refractivity contribution in [1.29, 1.82) is 0 Å². The van der Waals surface area contributed by atoms with Gasteiger partial charge in [-0.05, 0) is 24.6 Å². The van der Waals surface area contributed by atoms with Gasteiger partial charge in [0.15, 0.2) is 0 Å². The minimum atomic E-state index is -0.798. The summed E-state index contributed by atoms with van der Waals surface area (Å²) in [6, 6.07) is 17.9. The molecule has 2 aromatic carbocycles. The van der Waals surface area contributed by atoms with Crippen molar-refractivity contribution in [3.63, 3.8) is 0 Å². The number of benzene rings is 2. The number of methoxy groups -OCH3 is 1. The number of carboxylic acid groups (broad SMARTS) is 1. The molecule has 0 heterocycles. The molecule has 1 unspecified atom stereocenters. The quantitative estimate of drug-likeness (QED) is 0.846. The molecule has 22 heavy (non-hydrogen) atoms. The summed E-state index contributed by atoms with van der Waals surface area (Å²) in [4.78, 5) is 13.1. The fourth-order valence-electron chi connectivity index (χ4n) is 2.46. The third-order valence-corrected chi connectivity index (χ3v) is 3.70. The maximum Gasteiger partial charge on any atom is 0.305 e. The van der Waals surface area contributed by atoms with Crippen molar-refractivity contribution in [2.24, 2.45) is 0 Å². The number of aliphatic carboxylic acids is 1. The Kier molecular flexibility index (Phi) is 5.42. The smallest absolute Gasteiger partial charge is 0.305 e. The zero-order valence-corrected chi connectivity index (χ0v) is 12.9. The van der Waals surface area contributed by atoms with Crippen molar-refractivity contribution in [1.82, 2.24) is 0 Å². The first-order chi connectivity index (χ1) is 10.6. The zero-order valence-electron chi connectivity index (χ0n) is 12.9. The van der Waals surface area contributed by atoms with Crippen LogP contribution in [0.4, 0.5) is 5.69 Å². The monoisotopic (exact) mass is 299 g/mol. The van der Waals surface area contributed by atoms with Gasteiger partial charge in [0, 0.05) is 18.3 Å². The molecule has 1 N–H and O–H groups in total. The molecule has 0 saturated carbocycles. The molecular formula is C18H21NO3. The van der Waals surface area contributed by atoms with Crippen molar-refractivity contribution in [3.05, 3.63) is 60.2 Å². The lowest BCUT2D eigenvalue weighted by atomic mass is 10.1. The van der Waals surface area contributed by atoms with Crippen LogP contribution in [-0.4, -0.2) is 24.7 Å². The fourth-order valence-corrected chi connectivity index (χ4v) is 2.46. The van der Waals surface area contributed by atoms with Crippen molar-refractivity contribution in [2.75, 3.05) is 18.6 Å². The number of rotatable bonds is 7. The van der Waals surface area contributed by atoms with E-state index in [1.165, 1.54) is 0 Å². The normalized spacial score (nSPS) is 11.7.